The molecular weight excluding hydrogens is 244 g/mol. The van der Waals surface area contributed by atoms with Crippen molar-refractivity contribution in [3.05, 3.63) is 28.6 Å². The standard InChI is InChI=1S/C10H7BrN2O/c1-6(5-12)10-13-8-3-2-7(11)4-9(8)14-10/h2-4,6H,1H3. The van der Waals surface area contributed by atoms with E-state index in [0.717, 1.165) is 9.99 Å². The minimum absolute atomic E-state index is 0.304. The zero-order valence-electron chi connectivity index (χ0n) is 7.49. The maximum Gasteiger partial charge on any atom is 0.212 e. The van der Waals surface area contributed by atoms with Gasteiger partial charge in [-0.2, -0.15) is 5.26 Å². The highest BCUT2D eigenvalue weighted by Gasteiger charge is 2.12. The van der Waals surface area contributed by atoms with Crippen molar-refractivity contribution in [3.8, 4) is 6.07 Å². The summed E-state index contributed by atoms with van der Waals surface area (Å²) >= 11 is 3.34. The van der Waals surface area contributed by atoms with Crippen molar-refractivity contribution in [2.24, 2.45) is 0 Å². The Balaban J connectivity index is 2.58. The Labute approximate surface area is 89.5 Å². The largest absolute Gasteiger partial charge is 0.439 e. The fraction of sp³-hybridized carbons (Fsp3) is 0.200. The van der Waals surface area contributed by atoms with Gasteiger partial charge in [-0.05, 0) is 25.1 Å². The second-order valence-electron chi connectivity index (χ2n) is 3.01. The predicted molar refractivity (Wildman–Crippen MR) is 55.7 cm³/mol. The average Bonchev–Trinajstić information content (AvgIpc) is 2.59. The van der Waals surface area contributed by atoms with Crippen molar-refractivity contribution in [1.82, 2.24) is 4.98 Å². The summed E-state index contributed by atoms with van der Waals surface area (Å²) in [6.45, 7) is 1.76. The van der Waals surface area contributed by atoms with Crippen LogP contribution in [0, 0.1) is 11.3 Å². The molecule has 0 aliphatic rings. The molecular formula is C10H7BrN2O. The summed E-state index contributed by atoms with van der Waals surface area (Å²) in [5, 5.41) is 8.71. The molecule has 1 aromatic heterocycles. The maximum absolute atomic E-state index is 8.71. The summed E-state index contributed by atoms with van der Waals surface area (Å²) in [5.41, 5.74) is 1.49. The van der Waals surface area contributed by atoms with Crippen LogP contribution < -0.4 is 0 Å². The van der Waals surface area contributed by atoms with Crippen molar-refractivity contribution in [2.45, 2.75) is 12.8 Å². The summed E-state index contributed by atoms with van der Waals surface area (Å²) in [6.07, 6.45) is 0. The number of hydrogen-bond donors (Lipinski definition) is 0. The molecule has 1 unspecified atom stereocenters. The molecule has 0 aliphatic heterocycles. The maximum atomic E-state index is 8.71. The first-order valence-corrected chi connectivity index (χ1v) is 4.95. The Kier molecular flexibility index (Phi) is 2.26. The topological polar surface area (TPSA) is 49.8 Å². The van der Waals surface area contributed by atoms with Crippen molar-refractivity contribution >= 4 is 27.0 Å². The number of hydrogen-bond acceptors (Lipinski definition) is 3. The summed E-state index contributed by atoms with van der Waals surface area (Å²) in [7, 11) is 0. The van der Waals surface area contributed by atoms with Crippen LogP contribution in [0.4, 0.5) is 0 Å². The number of oxazole rings is 1. The monoisotopic (exact) mass is 250 g/mol. The molecule has 1 heterocycles. The Hall–Kier alpha value is -1.34. The number of rotatable bonds is 1. The summed E-state index contributed by atoms with van der Waals surface area (Å²) < 4.78 is 6.38. The van der Waals surface area contributed by atoms with Gasteiger partial charge in [0.05, 0.1) is 6.07 Å². The molecule has 1 aromatic carbocycles. The average molecular weight is 251 g/mol. The number of halogens is 1. The predicted octanol–water partition coefficient (Wildman–Crippen LogP) is 3.22. The molecule has 0 bridgehead atoms. The van der Waals surface area contributed by atoms with E-state index >= 15 is 0 Å². The molecule has 0 saturated carbocycles. The van der Waals surface area contributed by atoms with E-state index in [0.29, 0.717) is 11.5 Å². The van der Waals surface area contributed by atoms with Crippen LogP contribution in [0.3, 0.4) is 0 Å². The molecule has 0 fully saturated rings. The fourth-order valence-electron chi connectivity index (χ4n) is 1.16. The van der Waals surface area contributed by atoms with Gasteiger partial charge in [0.15, 0.2) is 5.58 Å². The highest BCUT2D eigenvalue weighted by Crippen LogP contribution is 2.23. The Bertz CT molecular complexity index is 512. The molecule has 70 valence electrons. The van der Waals surface area contributed by atoms with Gasteiger partial charge in [0.2, 0.25) is 5.89 Å². The van der Waals surface area contributed by atoms with E-state index in [1.807, 2.05) is 18.2 Å². The quantitative estimate of drug-likeness (QED) is 0.781. The second kappa shape index (κ2) is 3.43. The second-order valence-corrected chi connectivity index (χ2v) is 3.93. The third kappa shape index (κ3) is 1.51. The van der Waals surface area contributed by atoms with Crippen LogP contribution in [0.5, 0.6) is 0 Å². The lowest BCUT2D eigenvalue weighted by Gasteiger charge is -1.91. The van der Waals surface area contributed by atoms with Crippen molar-refractivity contribution in [1.29, 1.82) is 5.26 Å². The molecule has 0 saturated heterocycles. The van der Waals surface area contributed by atoms with Gasteiger partial charge in [0.25, 0.3) is 0 Å². The van der Waals surface area contributed by atoms with E-state index in [2.05, 4.69) is 27.0 Å². The van der Waals surface area contributed by atoms with Crippen LogP contribution in [-0.2, 0) is 0 Å². The van der Waals surface area contributed by atoms with Crippen LogP contribution in [0.2, 0.25) is 0 Å². The molecule has 14 heavy (non-hydrogen) atoms. The van der Waals surface area contributed by atoms with Crippen LogP contribution in [-0.4, -0.2) is 4.98 Å². The highest BCUT2D eigenvalue weighted by atomic mass is 79.9. The van der Waals surface area contributed by atoms with Crippen LogP contribution >= 0.6 is 15.9 Å². The normalized spacial score (nSPS) is 12.6. The molecule has 3 nitrogen and oxygen atoms in total. The van der Waals surface area contributed by atoms with Gasteiger partial charge in [-0.15, -0.1) is 0 Å². The Morgan fingerprint density at radius 1 is 1.57 bits per heavy atom. The number of nitrogens with zero attached hydrogens (tertiary/aromatic N) is 2. The van der Waals surface area contributed by atoms with Gasteiger partial charge in [0, 0.05) is 4.47 Å². The minimum atomic E-state index is -0.304. The van der Waals surface area contributed by atoms with Gasteiger partial charge in [-0.1, -0.05) is 15.9 Å². The van der Waals surface area contributed by atoms with Crippen molar-refractivity contribution in [2.75, 3.05) is 0 Å². The van der Waals surface area contributed by atoms with Crippen molar-refractivity contribution < 1.29 is 4.42 Å². The lowest BCUT2D eigenvalue weighted by molar-refractivity contribution is 0.520. The summed E-state index contributed by atoms with van der Waals surface area (Å²) in [5.74, 6) is 0.168. The zero-order valence-corrected chi connectivity index (χ0v) is 9.08. The van der Waals surface area contributed by atoms with Gasteiger partial charge < -0.3 is 4.42 Å². The Morgan fingerprint density at radius 2 is 2.36 bits per heavy atom. The van der Waals surface area contributed by atoms with E-state index in [4.69, 9.17) is 9.68 Å². The fourth-order valence-corrected chi connectivity index (χ4v) is 1.50. The lowest BCUT2D eigenvalue weighted by atomic mass is 10.2. The molecule has 2 aromatic rings. The molecule has 0 radical (unpaired) electrons. The Morgan fingerprint density at radius 3 is 3.07 bits per heavy atom. The van der Waals surface area contributed by atoms with Gasteiger partial charge >= 0.3 is 0 Å². The molecule has 1 atom stereocenters. The summed E-state index contributed by atoms with van der Waals surface area (Å²) in [4.78, 5) is 4.21. The van der Waals surface area contributed by atoms with E-state index in [1.165, 1.54) is 0 Å². The van der Waals surface area contributed by atoms with Gasteiger partial charge in [0.1, 0.15) is 11.4 Å². The minimum Gasteiger partial charge on any atom is -0.439 e. The molecule has 0 N–H and O–H groups in total. The molecule has 0 amide bonds. The molecule has 0 aliphatic carbocycles. The van der Waals surface area contributed by atoms with Gasteiger partial charge in [-0.3, -0.25) is 0 Å². The molecule has 0 spiro atoms. The van der Waals surface area contributed by atoms with Crippen LogP contribution in [0.1, 0.15) is 18.7 Å². The number of nitriles is 1. The SMILES string of the molecule is CC(C#N)c1nc2ccc(Br)cc2o1. The van der Waals surface area contributed by atoms with E-state index in [-0.39, 0.29) is 5.92 Å². The van der Waals surface area contributed by atoms with E-state index in [1.54, 1.807) is 6.92 Å². The van der Waals surface area contributed by atoms with Crippen LogP contribution in [0.25, 0.3) is 11.1 Å². The summed E-state index contributed by atoms with van der Waals surface area (Å²) in [6, 6.07) is 7.68. The smallest absolute Gasteiger partial charge is 0.212 e. The van der Waals surface area contributed by atoms with Crippen molar-refractivity contribution in [3.63, 3.8) is 0 Å². The number of benzene rings is 1. The third-order valence-corrected chi connectivity index (χ3v) is 2.42. The molecule has 2 rings (SSSR count). The highest BCUT2D eigenvalue weighted by molar-refractivity contribution is 9.10. The first-order valence-electron chi connectivity index (χ1n) is 4.16. The zero-order chi connectivity index (χ0) is 10.1. The number of fused-ring (bicyclic) bond motifs is 1. The van der Waals surface area contributed by atoms with Gasteiger partial charge in [-0.25, -0.2) is 4.98 Å². The van der Waals surface area contributed by atoms with E-state index < -0.39 is 0 Å². The molecule has 4 heteroatoms. The first-order chi connectivity index (χ1) is 6.70. The number of aromatic nitrogens is 1. The first kappa shape index (κ1) is 9.22. The lowest BCUT2D eigenvalue weighted by Crippen LogP contribution is -1.87. The van der Waals surface area contributed by atoms with E-state index in [9.17, 15) is 0 Å². The van der Waals surface area contributed by atoms with Crippen LogP contribution in [0.15, 0.2) is 27.1 Å². The third-order valence-electron chi connectivity index (χ3n) is 1.93.